The lowest BCUT2D eigenvalue weighted by Gasteiger charge is -2.12. The molecular formula is C98H62N6O2. The minimum Gasteiger partial charge on any atom is -0.456 e. The number of fused-ring (bicyclic) bond motifs is 8. The summed E-state index contributed by atoms with van der Waals surface area (Å²) in [6, 6.07) is 131. The molecule has 0 N–H and O–H groups in total. The highest BCUT2D eigenvalue weighted by Gasteiger charge is 2.22. The van der Waals surface area contributed by atoms with Crippen LogP contribution in [0, 0.1) is 0 Å². The first-order valence-electron chi connectivity index (χ1n) is 35.5. The first-order chi connectivity index (χ1) is 52.5. The van der Waals surface area contributed by atoms with Crippen molar-refractivity contribution >= 4 is 65.4 Å². The second-order valence-electron chi connectivity index (χ2n) is 26.4. The standard InChI is InChI=1S/2C49H31N3O/c1-4-14-32(15-5-1)38-22-11-25-41-39(23-12-24-40(38)41)37-21-10-20-35(30-37)36-28-29-44-43(31-36)46-42(26-13-27-45(46)53-44)49-51-47(33-16-6-2-7-17-33)50-48(52-49)34-18-8-3-9-19-34;1-4-11-32(12-5-1)37-23-25-40-30-38(24-26-39(40)29-37)33-19-21-34(22-20-33)41-27-28-44-43(31-41)46-42(17-10-18-45(46)53-44)49-51-47(35-13-6-2-7-14-35)50-48(52-49)36-15-8-3-9-16-36/h2*1-31H. The molecule has 0 radical (unpaired) electrons. The maximum atomic E-state index is 6.45. The number of rotatable bonds is 12. The molecule has 20 rings (SSSR count). The fourth-order valence-corrected chi connectivity index (χ4v) is 14.6. The van der Waals surface area contributed by atoms with Crippen LogP contribution in [-0.4, -0.2) is 29.9 Å². The summed E-state index contributed by atoms with van der Waals surface area (Å²) >= 11 is 0. The van der Waals surface area contributed by atoms with Crippen molar-refractivity contribution in [1.29, 1.82) is 0 Å². The molecule has 0 unspecified atom stereocenters. The van der Waals surface area contributed by atoms with Crippen LogP contribution in [0.4, 0.5) is 0 Å². The molecule has 8 nitrogen and oxygen atoms in total. The first-order valence-corrected chi connectivity index (χ1v) is 35.5. The summed E-state index contributed by atoms with van der Waals surface area (Å²) in [4.78, 5) is 30.0. The number of hydrogen-bond donors (Lipinski definition) is 0. The molecule has 20 aromatic rings. The van der Waals surface area contributed by atoms with E-state index in [9.17, 15) is 0 Å². The molecule has 0 fully saturated rings. The molecule has 0 spiro atoms. The van der Waals surface area contributed by atoms with Gasteiger partial charge in [0, 0.05) is 54.9 Å². The van der Waals surface area contributed by atoms with E-state index in [1.165, 1.54) is 66.1 Å². The molecule has 8 heteroatoms. The van der Waals surface area contributed by atoms with Crippen molar-refractivity contribution in [3.8, 4) is 135 Å². The molecule has 0 saturated carbocycles. The minimum atomic E-state index is 0.601. The van der Waals surface area contributed by atoms with Crippen LogP contribution in [0.1, 0.15) is 0 Å². The zero-order valence-electron chi connectivity index (χ0n) is 57.3. The van der Waals surface area contributed by atoms with Gasteiger partial charge in [0.2, 0.25) is 0 Å². The number of furan rings is 2. The van der Waals surface area contributed by atoms with Crippen LogP contribution in [-0.2, 0) is 0 Å². The lowest BCUT2D eigenvalue weighted by atomic mass is 9.91. The molecule has 0 aliphatic carbocycles. The Morgan fingerprint density at radius 3 is 0.858 bits per heavy atom. The second-order valence-corrected chi connectivity index (χ2v) is 26.4. The number of hydrogen-bond acceptors (Lipinski definition) is 8. The molecule has 16 aromatic carbocycles. The summed E-state index contributed by atoms with van der Waals surface area (Å²) in [5, 5.41) is 8.92. The molecule has 0 atom stereocenters. The monoisotopic (exact) mass is 1350 g/mol. The zero-order chi connectivity index (χ0) is 70.3. The van der Waals surface area contributed by atoms with Crippen LogP contribution in [0.15, 0.2) is 385 Å². The lowest BCUT2D eigenvalue weighted by molar-refractivity contribution is 0.668. The molecular weight excluding hydrogens is 1290 g/mol. The Hall–Kier alpha value is -14.3. The van der Waals surface area contributed by atoms with Crippen LogP contribution in [0.5, 0.6) is 0 Å². The van der Waals surface area contributed by atoms with E-state index >= 15 is 0 Å². The lowest BCUT2D eigenvalue weighted by Crippen LogP contribution is -2.00. The molecule has 0 amide bonds. The third-order valence-corrected chi connectivity index (χ3v) is 19.9. The first kappa shape index (κ1) is 62.6. The van der Waals surface area contributed by atoms with Gasteiger partial charge >= 0.3 is 0 Å². The highest BCUT2D eigenvalue weighted by atomic mass is 16.3. The summed E-state index contributed by atoms with van der Waals surface area (Å²) in [5.74, 6) is 3.71. The van der Waals surface area contributed by atoms with Gasteiger partial charge in [0.05, 0.1) is 0 Å². The molecule has 4 heterocycles. The van der Waals surface area contributed by atoms with E-state index in [0.29, 0.717) is 34.9 Å². The van der Waals surface area contributed by atoms with Gasteiger partial charge in [0.15, 0.2) is 34.9 Å². The van der Waals surface area contributed by atoms with Crippen molar-refractivity contribution < 1.29 is 8.83 Å². The van der Waals surface area contributed by atoms with Gasteiger partial charge in [0.25, 0.3) is 0 Å². The maximum absolute atomic E-state index is 6.45. The molecule has 4 aromatic heterocycles. The van der Waals surface area contributed by atoms with E-state index in [4.69, 9.17) is 38.7 Å². The third-order valence-electron chi connectivity index (χ3n) is 19.9. The van der Waals surface area contributed by atoms with Gasteiger partial charge in [-0.1, -0.05) is 322 Å². The van der Waals surface area contributed by atoms with Gasteiger partial charge in [0.1, 0.15) is 22.3 Å². The fraction of sp³-hybridized carbons (Fsp3) is 0. The Morgan fingerprint density at radius 1 is 0.151 bits per heavy atom. The Morgan fingerprint density at radius 2 is 0.434 bits per heavy atom. The highest BCUT2D eigenvalue weighted by Crippen LogP contribution is 2.43. The molecule has 496 valence electrons. The number of aromatic nitrogens is 6. The van der Waals surface area contributed by atoms with E-state index < -0.39 is 0 Å². The summed E-state index contributed by atoms with van der Waals surface area (Å²) < 4.78 is 12.9. The average molecular weight is 1360 g/mol. The largest absolute Gasteiger partial charge is 0.456 e. The van der Waals surface area contributed by atoms with Crippen LogP contribution in [0.3, 0.4) is 0 Å². The predicted octanol–water partition coefficient (Wildman–Crippen LogP) is 25.9. The van der Waals surface area contributed by atoms with E-state index in [-0.39, 0.29) is 0 Å². The summed E-state index contributed by atoms with van der Waals surface area (Å²) in [5.41, 5.74) is 22.9. The molecule has 0 aliphatic heterocycles. The van der Waals surface area contributed by atoms with E-state index in [1.54, 1.807) is 0 Å². The minimum absolute atomic E-state index is 0.601. The average Bonchev–Trinajstić information content (AvgIpc) is 1.57. The van der Waals surface area contributed by atoms with Crippen LogP contribution in [0.25, 0.3) is 201 Å². The van der Waals surface area contributed by atoms with Gasteiger partial charge in [-0.15, -0.1) is 0 Å². The normalized spacial score (nSPS) is 11.4. The van der Waals surface area contributed by atoms with E-state index in [1.807, 2.05) is 146 Å². The smallest absolute Gasteiger partial charge is 0.164 e. The Kier molecular flexibility index (Phi) is 16.1. The van der Waals surface area contributed by atoms with Crippen LogP contribution in [0.2, 0.25) is 0 Å². The van der Waals surface area contributed by atoms with Crippen molar-refractivity contribution in [2.75, 3.05) is 0 Å². The fourth-order valence-electron chi connectivity index (χ4n) is 14.6. The second kappa shape index (κ2) is 27.2. The molecule has 0 aliphatic rings. The Labute approximate surface area is 611 Å². The topological polar surface area (TPSA) is 104 Å². The molecule has 106 heavy (non-hydrogen) atoms. The van der Waals surface area contributed by atoms with E-state index in [0.717, 1.165) is 99.5 Å². The van der Waals surface area contributed by atoms with Crippen molar-refractivity contribution in [1.82, 2.24) is 29.9 Å². The quantitative estimate of drug-likeness (QED) is 0.119. The Balaban J connectivity index is 0.000000145. The summed E-state index contributed by atoms with van der Waals surface area (Å²) in [7, 11) is 0. The van der Waals surface area contributed by atoms with Gasteiger partial charge in [-0.05, 0) is 143 Å². The van der Waals surface area contributed by atoms with Crippen molar-refractivity contribution in [3.05, 3.63) is 376 Å². The van der Waals surface area contributed by atoms with Gasteiger partial charge in [-0.2, -0.15) is 0 Å². The van der Waals surface area contributed by atoms with E-state index in [2.05, 4.69) is 231 Å². The van der Waals surface area contributed by atoms with Crippen molar-refractivity contribution in [2.24, 2.45) is 0 Å². The highest BCUT2D eigenvalue weighted by molar-refractivity contribution is 6.14. The molecule has 0 saturated heterocycles. The van der Waals surface area contributed by atoms with Crippen LogP contribution < -0.4 is 0 Å². The maximum Gasteiger partial charge on any atom is 0.164 e. The summed E-state index contributed by atoms with van der Waals surface area (Å²) in [6.07, 6.45) is 0. The van der Waals surface area contributed by atoms with Gasteiger partial charge in [-0.3, -0.25) is 0 Å². The zero-order valence-corrected chi connectivity index (χ0v) is 57.3. The number of benzene rings is 16. The summed E-state index contributed by atoms with van der Waals surface area (Å²) in [6.45, 7) is 0. The Bertz CT molecular complexity index is 6550. The third kappa shape index (κ3) is 12.1. The van der Waals surface area contributed by atoms with Gasteiger partial charge < -0.3 is 8.83 Å². The SMILES string of the molecule is c1ccc(-c2ccc3cc(-c4ccc(-c5ccc6oc7cccc(-c8nc(-c9ccccc9)nc(-c9ccccc9)n8)c7c6c5)cc4)ccc3c2)cc1.c1ccc(-c2nc(-c3ccccc3)nc(-c3cccc4oc5ccc(-c6cccc(-c7cccc8c(-c9ccccc9)cccc78)c6)cc5c34)n2)cc1. The predicted molar refractivity (Wildman–Crippen MR) is 434 cm³/mol. The van der Waals surface area contributed by atoms with Crippen LogP contribution >= 0.6 is 0 Å². The van der Waals surface area contributed by atoms with Gasteiger partial charge in [-0.25, -0.2) is 29.9 Å². The van der Waals surface area contributed by atoms with Crippen molar-refractivity contribution in [3.63, 3.8) is 0 Å². The number of nitrogens with zero attached hydrogens (tertiary/aromatic N) is 6. The molecule has 0 bridgehead atoms. The van der Waals surface area contributed by atoms with Crippen molar-refractivity contribution in [2.45, 2.75) is 0 Å².